The standard InChI is InChI=1S/C47H37BF4N2O2/c49-28-36(51)30-55-48(56-31-37(52)29-50)54-46(35-17-5-2-6-18-35)26-43(41-24-12-20-33-14-8-10-22-39(33)41)47(54)27-45-42(25-44(53-45)34-15-3-1-4-16-34)40-23-11-19-32-13-7-9-21-38(32)40/h1-27,36-37H,28-31H2/b45-27-. The van der Waals surface area contributed by atoms with E-state index in [1.165, 1.54) is 0 Å². The molecule has 0 N–H and O–H groups in total. The molecule has 0 fully saturated rings. The number of hydrogen-bond donors (Lipinski definition) is 0. The van der Waals surface area contributed by atoms with Gasteiger partial charge < -0.3 is 13.8 Å². The summed E-state index contributed by atoms with van der Waals surface area (Å²) in [6.45, 7) is -3.93. The lowest BCUT2D eigenvalue weighted by molar-refractivity contribution is 0.0997. The first-order valence-corrected chi connectivity index (χ1v) is 18.5. The van der Waals surface area contributed by atoms with Crippen LogP contribution < -0.4 is 0 Å². The molecule has 0 bridgehead atoms. The van der Waals surface area contributed by atoms with Crippen molar-refractivity contribution >= 4 is 46.2 Å². The van der Waals surface area contributed by atoms with Crippen molar-refractivity contribution in [3.63, 3.8) is 0 Å². The highest BCUT2D eigenvalue weighted by Crippen LogP contribution is 2.42. The molecule has 2 heterocycles. The molecule has 0 amide bonds. The first kappa shape index (κ1) is 36.9. The fourth-order valence-electron chi connectivity index (χ4n) is 7.19. The smallest absolute Gasteiger partial charge is 0.388 e. The monoisotopic (exact) mass is 748 g/mol. The van der Waals surface area contributed by atoms with Crippen LogP contribution in [0.4, 0.5) is 17.6 Å². The van der Waals surface area contributed by atoms with E-state index in [1.807, 2.05) is 133 Å². The molecule has 9 heteroatoms. The van der Waals surface area contributed by atoms with Gasteiger partial charge in [-0.05, 0) is 56.5 Å². The van der Waals surface area contributed by atoms with E-state index in [9.17, 15) is 17.6 Å². The number of aromatic nitrogens is 1. The predicted octanol–water partition coefficient (Wildman–Crippen LogP) is 11.5. The lowest BCUT2D eigenvalue weighted by Gasteiger charge is -2.22. The summed E-state index contributed by atoms with van der Waals surface area (Å²) in [5, 5.41) is 4.08. The van der Waals surface area contributed by atoms with Gasteiger partial charge in [0.25, 0.3) is 0 Å². The first-order chi connectivity index (χ1) is 27.5. The van der Waals surface area contributed by atoms with Crippen LogP contribution in [0.3, 0.4) is 0 Å². The highest BCUT2D eigenvalue weighted by molar-refractivity contribution is 6.44. The van der Waals surface area contributed by atoms with E-state index in [-0.39, 0.29) is 0 Å². The number of allylic oxidation sites excluding steroid dienone is 2. The maximum Gasteiger partial charge on any atom is 0.598 e. The molecule has 7 aromatic rings. The number of halogens is 4. The van der Waals surface area contributed by atoms with Crippen molar-refractivity contribution < 1.29 is 26.9 Å². The van der Waals surface area contributed by atoms with Crippen LogP contribution in [0, 0.1) is 0 Å². The van der Waals surface area contributed by atoms with Crippen LogP contribution in [0.1, 0.15) is 16.8 Å². The number of nitrogens with zero attached hydrogens (tertiary/aromatic N) is 2. The summed E-state index contributed by atoms with van der Waals surface area (Å²) < 4.78 is 70.0. The fraction of sp³-hybridized carbons (Fsp3) is 0.128. The zero-order valence-corrected chi connectivity index (χ0v) is 30.4. The highest BCUT2D eigenvalue weighted by Gasteiger charge is 2.33. The van der Waals surface area contributed by atoms with Crippen molar-refractivity contribution in [3.05, 3.63) is 180 Å². The fourth-order valence-corrected chi connectivity index (χ4v) is 7.19. The van der Waals surface area contributed by atoms with Crippen LogP contribution in [0.2, 0.25) is 0 Å². The number of benzene rings is 6. The number of fused-ring (bicyclic) bond motifs is 2. The van der Waals surface area contributed by atoms with Gasteiger partial charge in [0.1, 0.15) is 25.7 Å². The van der Waals surface area contributed by atoms with Crippen LogP contribution in [0.15, 0.2) is 168 Å². The average molecular weight is 749 g/mol. The van der Waals surface area contributed by atoms with Crippen molar-refractivity contribution in [1.29, 1.82) is 0 Å². The van der Waals surface area contributed by atoms with Gasteiger partial charge in [-0.15, -0.1) is 0 Å². The topological polar surface area (TPSA) is 35.8 Å². The van der Waals surface area contributed by atoms with Crippen molar-refractivity contribution in [2.45, 2.75) is 12.3 Å². The Bertz CT molecular complexity index is 2550. The summed E-state index contributed by atoms with van der Waals surface area (Å²) in [7, 11) is -1.49. The van der Waals surface area contributed by atoms with E-state index in [4.69, 9.17) is 14.3 Å². The highest BCUT2D eigenvalue weighted by atomic mass is 19.2. The van der Waals surface area contributed by atoms with Gasteiger partial charge in [0.15, 0.2) is 0 Å². The Morgan fingerprint density at radius 2 is 1.11 bits per heavy atom. The van der Waals surface area contributed by atoms with Gasteiger partial charge in [-0.1, -0.05) is 146 Å². The third-order valence-corrected chi connectivity index (χ3v) is 9.83. The van der Waals surface area contributed by atoms with Crippen LogP contribution in [-0.2, 0) is 9.31 Å². The minimum Gasteiger partial charge on any atom is -0.388 e. The predicted molar refractivity (Wildman–Crippen MR) is 220 cm³/mol. The molecule has 8 rings (SSSR count). The Morgan fingerprint density at radius 1 is 0.589 bits per heavy atom. The SMILES string of the molecule is FCC(F)COB(OCC(F)CF)n1c(-c2ccccc2)cc(-c2cccc3ccccc23)c1/C=C1\N=C(c2ccccc2)C=C1c1cccc2ccccc12. The Kier molecular flexibility index (Phi) is 11.1. The van der Waals surface area contributed by atoms with Gasteiger partial charge in [0, 0.05) is 28.1 Å². The van der Waals surface area contributed by atoms with E-state index in [0.29, 0.717) is 17.1 Å². The van der Waals surface area contributed by atoms with Crippen molar-refractivity contribution in [3.8, 4) is 22.4 Å². The van der Waals surface area contributed by atoms with Crippen molar-refractivity contribution in [1.82, 2.24) is 4.48 Å². The van der Waals surface area contributed by atoms with Crippen LogP contribution in [0.25, 0.3) is 55.6 Å². The molecule has 0 radical (unpaired) electrons. The van der Waals surface area contributed by atoms with E-state index in [1.54, 1.807) is 4.48 Å². The maximum absolute atomic E-state index is 14.6. The molecule has 1 aromatic heterocycles. The van der Waals surface area contributed by atoms with Gasteiger partial charge in [0.2, 0.25) is 0 Å². The first-order valence-electron chi connectivity index (χ1n) is 18.5. The van der Waals surface area contributed by atoms with Crippen LogP contribution >= 0.6 is 0 Å². The van der Waals surface area contributed by atoms with Crippen molar-refractivity contribution in [2.75, 3.05) is 26.6 Å². The average Bonchev–Trinajstić information content (AvgIpc) is 3.85. The molecule has 0 spiro atoms. The minimum atomic E-state index is -1.97. The molecule has 56 heavy (non-hydrogen) atoms. The molecular weight excluding hydrogens is 711 g/mol. The van der Waals surface area contributed by atoms with E-state index >= 15 is 0 Å². The van der Waals surface area contributed by atoms with Gasteiger partial charge in [-0.3, -0.25) is 0 Å². The van der Waals surface area contributed by atoms with Gasteiger partial charge in [-0.2, -0.15) is 0 Å². The van der Waals surface area contributed by atoms with Crippen molar-refractivity contribution in [2.24, 2.45) is 4.99 Å². The lowest BCUT2D eigenvalue weighted by Crippen LogP contribution is -2.38. The number of alkyl halides is 4. The van der Waals surface area contributed by atoms with Crippen LogP contribution in [0.5, 0.6) is 0 Å². The molecule has 278 valence electrons. The normalized spacial score (nSPS) is 14.6. The molecule has 2 atom stereocenters. The number of aliphatic imine (C=N–C) groups is 1. The lowest BCUT2D eigenvalue weighted by atomic mass is 9.94. The Balaban J connectivity index is 1.44. The summed E-state index contributed by atoms with van der Waals surface area (Å²) in [5.41, 5.74) is 7.67. The summed E-state index contributed by atoms with van der Waals surface area (Å²) in [6, 6.07) is 49.7. The second kappa shape index (κ2) is 16.8. The van der Waals surface area contributed by atoms with Crippen LogP contribution in [-0.4, -0.2) is 56.3 Å². The summed E-state index contributed by atoms with van der Waals surface area (Å²) >= 11 is 0. The molecular formula is C47H37BF4N2O2. The third-order valence-electron chi connectivity index (χ3n) is 9.83. The van der Waals surface area contributed by atoms with Gasteiger partial charge in [0.05, 0.1) is 24.6 Å². The maximum atomic E-state index is 14.6. The summed E-state index contributed by atoms with van der Waals surface area (Å²) in [5.74, 6) is 0. The molecule has 1 aliphatic rings. The number of hydrogen-bond acceptors (Lipinski definition) is 3. The largest absolute Gasteiger partial charge is 0.598 e. The molecule has 0 aliphatic carbocycles. The van der Waals surface area contributed by atoms with Gasteiger partial charge >= 0.3 is 7.25 Å². The minimum absolute atomic E-state index is 0.552. The Labute approximate surface area is 323 Å². The number of rotatable bonds is 14. The van der Waals surface area contributed by atoms with Gasteiger partial charge in [-0.25, -0.2) is 22.6 Å². The molecule has 4 nitrogen and oxygen atoms in total. The van der Waals surface area contributed by atoms with E-state index in [0.717, 1.165) is 60.6 Å². The summed E-state index contributed by atoms with van der Waals surface area (Å²) in [4.78, 5) is 5.24. The second-order valence-electron chi connectivity index (χ2n) is 13.5. The molecule has 6 aromatic carbocycles. The quantitative estimate of drug-likeness (QED) is 0.0820. The molecule has 2 unspecified atom stereocenters. The summed E-state index contributed by atoms with van der Waals surface area (Å²) in [6.07, 6.45) is 0.0802. The third kappa shape index (κ3) is 7.61. The van der Waals surface area contributed by atoms with E-state index in [2.05, 4.69) is 30.3 Å². The Morgan fingerprint density at radius 3 is 1.71 bits per heavy atom. The Hall–Kier alpha value is -6.03. The zero-order valence-electron chi connectivity index (χ0n) is 30.4. The molecule has 0 saturated heterocycles. The molecule has 0 saturated carbocycles. The zero-order chi connectivity index (χ0) is 38.4. The van der Waals surface area contributed by atoms with E-state index < -0.39 is 46.2 Å². The molecule has 1 aliphatic heterocycles. The second-order valence-corrected chi connectivity index (χ2v) is 13.5.